The molecule has 1 aromatic carbocycles. The predicted molar refractivity (Wildman–Crippen MR) is 90.1 cm³/mol. The van der Waals surface area contributed by atoms with Crippen LogP contribution in [0.3, 0.4) is 0 Å². The van der Waals surface area contributed by atoms with E-state index in [0.717, 1.165) is 10.0 Å². The number of hydrazone groups is 1. The first kappa shape index (κ1) is 16.2. The van der Waals surface area contributed by atoms with Gasteiger partial charge in [0, 0.05) is 16.9 Å². The second-order valence-electron chi connectivity index (χ2n) is 5.85. The van der Waals surface area contributed by atoms with E-state index in [4.69, 9.17) is 4.42 Å². The molecule has 0 fully saturated rings. The van der Waals surface area contributed by atoms with Crippen molar-refractivity contribution in [2.75, 3.05) is 12.1 Å². The summed E-state index contributed by atoms with van der Waals surface area (Å²) in [6.07, 6.45) is 1.70. The third kappa shape index (κ3) is 3.74. The summed E-state index contributed by atoms with van der Waals surface area (Å²) in [6.45, 7) is 5.94. The van der Waals surface area contributed by atoms with E-state index in [2.05, 4.69) is 26.0 Å². The Morgan fingerprint density at radius 1 is 1.32 bits per heavy atom. The number of rotatable bonds is 3. The summed E-state index contributed by atoms with van der Waals surface area (Å²) in [6, 6.07) is 9.80. The van der Waals surface area contributed by atoms with E-state index >= 15 is 0 Å². The molecule has 0 bridgehead atoms. The number of nitriles is 1. The molecule has 22 heavy (non-hydrogen) atoms. The Balaban J connectivity index is 2.26. The molecule has 6 heteroatoms. The van der Waals surface area contributed by atoms with Gasteiger partial charge in [0.25, 0.3) is 5.88 Å². The van der Waals surface area contributed by atoms with E-state index in [1.807, 2.05) is 51.1 Å². The average molecular weight is 361 g/mol. The maximum atomic E-state index is 9.21. The van der Waals surface area contributed by atoms with Crippen molar-refractivity contribution in [3.05, 3.63) is 45.9 Å². The standard InChI is InChI=1S/C16H17BrN4O/c1-16(2,3)15-20-13(9-18)14(22-15)21(4)19-10-11-5-7-12(17)8-6-11/h5-8,10H,1-4H3. The van der Waals surface area contributed by atoms with Gasteiger partial charge in [0.2, 0.25) is 11.6 Å². The molecule has 2 aromatic rings. The second-order valence-corrected chi connectivity index (χ2v) is 6.77. The molecule has 5 nitrogen and oxygen atoms in total. The van der Waals surface area contributed by atoms with Crippen LogP contribution < -0.4 is 5.01 Å². The SMILES string of the molecule is CN(N=Cc1ccc(Br)cc1)c1oc(C(C)(C)C)nc1C#N. The van der Waals surface area contributed by atoms with E-state index in [0.29, 0.717) is 11.8 Å². The normalized spacial score (nSPS) is 11.6. The van der Waals surface area contributed by atoms with Crippen LogP contribution in [0.1, 0.15) is 37.9 Å². The summed E-state index contributed by atoms with van der Waals surface area (Å²) >= 11 is 3.39. The van der Waals surface area contributed by atoms with Gasteiger partial charge in [-0.15, -0.1) is 0 Å². The van der Waals surface area contributed by atoms with Gasteiger partial charge >= 0.3 is 0 Å². The molecule has 0 aliphatic carbocycles. The van der Waals surface area contributed by atoms with E-state index in [1.165, 1.54) is 5.01 Å². The molecule has 0 aliphatic heterocycles. The average Bonchev–Trinajstić information content (AvgIpc) is 2.90. The van der Waals surface area contributed by atoms with E-state index in [-0.39, 0.29) is 11.1 Å². The molecule has 0 radical (unpaired) electrons. The summed E-state index contributed by atoms with van der Waals surface area (Å²) in [5, 5.41) is 15.0. The van der Waals surface area contributed by atoms with Gasteiger partial charge in [0.15, 0.2) is 0 Å². The van der Waals surface area contributed by atoms with Gasteiger partial charge in [0.1, 0.15) is 6.07 Å². The number of aromatic nitrogens is 1. The van der Waals surface area contributed by atoms with Crippen LogP contribution in [-0.2, 0) is 5.41 Å². The fourth-order valence-corrected chi connectivity index (χ4v) is 1.94. The Labute approximate surface area is 138 Å². The lowest BCUT2D eigenvalue weighted by Crippen LogP contribution is -2.11. The molecule has 0 saturated heterocycles. The monoisotopic (exact) mass is 360 g/mol. The van der Waals surface area contributed by atoms with Crippen molar-refractivity contribution >= 4 is 28.0 Å². The molecule has 0 N–H and O–H groups in total. The van der Waals surface area contributed by atoms with Gasteiger partial charge in [0.05, 0.1) is 6.21 Å². The molecule has 0 atom stereocenters. The van der Waals surface area contributed by atoms with E-state index in [1.54, 1.807) is 13.3 Å². The topological polar surface area (TPSA) is 65.4 Å². The number of anilines is 1. The summed E-state index contributed by atoms with van der Waals surface area (Å²) in [5.74, 6) is 0.866. The van der Waals surface area contributed by atoms with Crippen molar-refractivity contribution in [2.24, 2.45) is 5.10 Å². The van der Waals surface area contributed by atoms with Crippen molar-refractivity contribution < 1.29 is 4.42 Å². The maximum Gasteiger partial charge on any atom is 0.254 e. The number of oxazole rings is 1. The first-order valence-corrected chi connectivity index (χ1v) is 7.55. The van der Waals surface area contributed by atoms with Gasteiger partial charge in [-0.3, -0.25) is 0 Å². The van der Waals surface area contributed by atoms with Gasteiger partial charge in [-0.1, -0.05) is 48.8 Å². The van der Waals surface area contributed by atoms with Crippen LogP contribution in [0.15, 0.2) is 38.3 Å². The number of benzene rings is 1. The molecular formula is C16H17BrN4O. The second kappa shape index (κ2) is 6.32. The summed E-state index contributed by atoms with van der Waals surface area (Å²) < 4.78 is 6.72. The molecule has 1 aromatic heterocycles. The lowest BCUT2D eigenvalue weighted by atomic mass is 9.97. The first-order chi connectivity index (χ1) is 10.3. The van der Waals surface area contributed by atoms with Gasteiger partial charge in [-0.05, 0) is 17.7 Å². The Morgan fingerprint density at radius 3 is 2.50 bits per heavy atom. The summed E-state index contributed by atoms with van der Waals surface area (Å²) in [7, 11) is 1.73. The van der Waals surface area contributed by atoms with Crippen LogP contribution in [0.25, 0.3) is 0 Å². The molecular weight excluding hydrogens is 344 g/mol. The van der Waals surface area contributed by atoms with E-state index in [9.17, 15) is 5.26 Å². The molecule has 0 saturated carbocycles. The number of hydrogen-bond acceptors (Lipinski definition) is 5. The van der Waals surface area contributed by atoms with Crippen molar-refractivity contribution in [2.45, 2.75) is 26.2 Å². The van der Waals surface area contributed by atoms with Crippen LogP contribution in [0.5, 0.6) is 0 Å². The molecule has 114 valence electrons. The maximum absolute atomic E-state index is 9.21. The van der Waals surface area contributed by atoms with Gasteiger partial charge in [-0.2, -0.15) is 15.3 Å². The highest BCUT2D eigenvalue weighted by molar-refractivity contribution is 9.10. The molecule has 0 unspecified atom stereocenters. The summed E-state index contributed by atoms with van der Waals surface area (Å²) in [5.41, 5.74) is 0.921. The Morgan fingerprint density at radius 2 is 1.95 bits per heavy atom. The zero-order chi connectivity index (χ0) is 16.3. The van der Waals surface area contributed by atoms with Crippen LogP contribution >= 0.6 is 15.9 Å². The van der Waals surface area contributed by atoms with Crippen molar-refractivity contribution in [3.63, 3.8) is 0 Å². The predicted octanol–water partition coefficient (Wildman–Crippen LogP) is 4.08. The number of nitrogens with zero attached hydrogens (tertiary/aromatic N) is 4. The lowest BCUT2D eigenvalue weighted by Gasteiger charge is -2.13. The van der Waals surface area contributed by atoms with Crippen LogP contribution in [0, 0.1) is 11.3 Å². The molecule has 0 aliphatic rings. The largest absolute Gasteiger partial charge is 0.421 e. The summed E-state index contributed by atoms with van der Waals surface area (Å²) in [4.78, 5) is 4.24. The molecule has 2 rings (SSSR count). The Bertz CT molecular complexity index is 720. The Hall–Kier alpha value is -2.13. The minimum atomic E-state index is -0.264. The molecule has 1 heterocycles. The van der Waals surface area contributed by atoms with Crippen LogP contribution in [0.4, 0.5) is 5.88 Å². The van der Waals surface area contributed by atoms with Crippen LogP contribution in [0.2, 0.25) is 0 Å². The lowest BCUT2D eigenvalue weighted by molar-refractivity contribution is 0.394. The van der Waals surface area contributed by atoms with Crippen molar-refractivity contribution in [3.8, 4) is 6.07 Å². The molecule has 0 spiro atoms. The zero-order valence-corrected chi connectivity index (χ0v) is 14.5. The highest BCUT2D eigenvalue weighted by Crippen LogP contribution is 2.28. The highest BCUT2D eigenvalue weighted by Gasteiger charge is 2.25. The number of hydrogen-bond donors (Lipinski definition) is 0. The quantitative estimate of drug-likeness (QED) is 0.610. The van der Waals surface area contributed by atoms with Gasteiger partial charge < -0.3 is 4.42 Å². The van der Waals surface area contributed by atoms with Crippen LogP contribution in [-0.4, -0.2) is 18.2 Å². The minimum absolute atomic E-state index is 0.236. The first-order valence-electron chi connectivity index (χ1n) is 6.76. The smallest absolute Gasteiger partial charge is 0.254 e. The highest BCUT2D eigenvalue weighted by atomic mass is 79.9. The fraction of sp³-hybridized carbons (Fsp3) is 0.312. The number of halogens is 1. The van der Waals surface area contributed by atoms with Crippen molar-refractivity contribution in [1.29, 1.82) is 5.26 Å². The third-order valence-corrected chi connectivity index (χ3v) is 3.43. The zero-order valence-electron chi connectivity index (χ0n) is 13.0. The molecule has 0 amide bonds. The third-order valence-electron chi connectivity index (χ3n) is 2.90. The minimum Gasteiger partial charge on any atom is -0.421 e. The van der Waals surface area contributed by atoms with Gasteiger partial charge in [-0.25, -0.2) is 5.01 Å². The fourth-order valence-electron chi connectivity index (χ4n) is 1.68. The van der Waals surface area contributed by atoms with E-state index < -0.39 is 0 Å². The van der Waals surface area contributed by atoms with Crippen molar-refractivity contribution in [1.82, 2.24) is 4.98 Å². The Kier molecular flexibility index (Phi) is 4.67.